The molecule has 0 radical (unpaired) electrons. The van der Waals surface area contributed by atoms with Gasteiger partial charge in [0.1, 0.15) is 5.75 Å². The number of rotatable bonds is 4. The Bertz CT molecular complexity index is 447. The van der Waals surface area contributed by atoms with Crippen LogP contribution in [0.15, 0.2) is 12.1 Å². The minimum Gasteiger partial charge on any atom is -0.496 e. The Balaban J connectivity index is 2.31. The fourth-order valence-electron chi connectivity index (χ4n) is 3.94. The van der Waals surface area contributed by atoms with E-state index in [2.05, 4.69) is 38.3 Å². The van der Waals surface area contributed by atoms with Crippen molar-refractivity contribution in [3.63, 3.8) is 0 Å². The topological polar surface area (TPSA) is 21.3 Å². The molecule has 0 heterocycles. The van der Waals surface area contributed by atoms with Gasteiger partial charge in [-0.15, -0.1) is 0 Å². The molecule has 0 amide bonds. The van der Waals surface area contributed by atoms with Crippen LogP contribution in [0.5, 0.6) is 5.75 Å². The Labute approximate surface area is 130 Å². The molecule has 0 saturated heterocycles. The lowest BCUT2D eigenvalue weighted by atomic mass is 9.81. The Morgan fingerprint density at radius 1 is 1.05 bits per heavy atom. The van der Waals surface area contributed by atoms with Gasteiger partial charge in [0.05, 0.1) is 7.11 Å². The summed E-state index contributed by atoms with van der Waals surface area (Å²) in [4.78, 5) is 0. The standard InChI is InChI=1S/C19H31NO/c1-14-12-15(2)18(17(13-14)21-4)19(20-3)16-10-8-6-5-7-9-11-16/h12-13,16,19-20H,5-11H2,1-4H3. The summed E-state index contributed by atoms with van der Waals surface area (Å²) in [5.41, 5.74) is 4.00. The highest BCUT2D eigenvalue weighted by Crippen LogP contribution is 2.38. The van der Waals surface area contributed by atoms with Crippen molar-refractivity contribution in [2.75, 3.05) is 14.2 Å². The van der Waals surface area contributed by atoms with Gasteiger partial charge in [0.15, 0.2) is 0 Å². The van der Waals surface area contributed by atoms with E-state index in [9.17, 15) is 0 Å². The van der Waals surface area contributed by atoms with Crippen LogP contribution in [0, 0.1) is 19.8 Å². The molecule has 1 aromatic carbocycles. The molecule has 1 aliphatic carbocycles. The summed E-state index contributed by atoms with van der Waals surface area (Å²) in [5, 5.41) is 3.59. The predicted molar refractivity (Wildman–Crippen MR) is 90.1 cm³/mol. The monoisotopic (exact) mass is 289 g/mol. The maximum atomic E-state index is 5.70. The van der Waals surface area contributed by atoms with Crippen LogP contribution in [0.2, 0.25) is 0 Å². The fraction of sp³-hybridized carbons (Fsp3) is 0.684. The maximum Gasteiger partial charge on any atom is 0.124 e. The van der Waals surface area contributed by atoms with Crippen LogP contribution < -0.4 is 10.1 Å². The van der Waals surface area contributed by atoms with E-state index in [1.165, 1.54) is 61.6 Å². The molecule has 118 valence electrons. The number of ether oxygens (including phenoxy) is 1. The second-order valence-electron chi connectivity index (χ2n) is 6.57. The third-order valence-corrected chi connectivity index (χ3v) is 4.96. The molecule has 1 saturated carbocycles. The van der Waals surface area contributed by atoms with Crippen LogP contribution in [0.25, 0.3) is 0 Å². The maximum absolute atomic E-state index is 5.70. The van der Waals surface area contributed by atoms with Gasteiger partial charge in [0.25, 0.3) is 0 Å². The van der Waals surface area contributed by atoms with Crippen LogP contribution in [-0.4, -0.2) is 14.2 Å². The first-order valence-corrected chi connectivity index (χ1v) is 8.49. The van der Waals surface area contributed by atoms with Crippen molar-refractivity contribution < 1.29 is 4.74 Å². The molecule has 2 rings (SSSR count). The largest absolute Gasteiger partial charge is 0.496 e. The van der Waals surface area contributed by atoms with E-state index in [4.69, 9.17) is 4.74 Å². The Kier molecular flexibility index (Phi) is 6.10. The SMILES string of the molecule is CNC(c1c(C)cc(C)cc1OC)C1CCCCCCC1. The van der Waals surface area contributed by atoms with Gasteiger partial charge in [-0.3, -0.25) is 0 Å². The molecule has 21 heavy (non-hydrogen) atoms. The molecule has 1 fully saturated rings. The number of methoxy groups -OCH3 is 1. The lowest BCUT2D eigenvalue weighted by molar-refractivity contribution is 0.291. The molecule has 1 atom stereocenters. The Morgan fingerprint density at radius 2 is 1.67 bits per heavy atom. The van der Waals surface area contributed by atoms with Crippen molar-refractivity contribution in [3.8, 4) is 5.75 Å². The van der Waals surface area contributed by atoms with Gasteiger partial charge < -0.3 is 10.1 Å². The van der Waals surface area contributed by atoms with Crippen molar-refractivity contribution in [2.45, 2.75) is 64.8 Å². The van der Waals surface area contributed by atoms with Crippen LogP contribution in [0.3, 0.4) is 0 Å². The molecule has 0 aliphatic heterocycles. The summed E-state index contributed by atoms with van der Waals surface area (Å²) < 4.78 is 5.70. The molecule has 2 heteroatoms. The van der Waals surface area contributed by atoms with Gasteiger partial charge in [0, 0.05) is 11.6 Å². The zero-order valence-corrected chi connectivity index (χ0v) is 14.2. The van der Waals surface area contributed by atoms with Gasteiger partial charge in [-0.05, 0) is 56.8 Å². The normalized spacial score (nSPS) is 18.9. The molecule has 0 bridgehead atoms. The number of aryl methyl sites for hydroxylation is 2. The molecule has 0 aromatic heterocycles. The first kappa shape index (κ1) is 16.4. The molecule has 0 spiro atoms. The van der Waals surface area contributed by atoms with Gasteiger partial charge >= 0.3 is 0 Å². The Morgan fingerprint density at radius 3 is 2.24 bits per heavy atom. The van der Waals surface area contributed by atoms with E-state index in [-0.39, 0.29) is 0 Å². The molecule has 1 N–H and O–H groups in total. The highest BCUT2D eigenvalue weighted by atomic mass is 16.5. The van der Waals surface area contributed by atoms with Crippen molar-refractivity contribution in [1.82, 2.24) is 5.32 Å². The van der Waals surface area contributed by atoms with Crippen LogP contribution in [-0.2, 0) is 0 Å². The molecular weight excluding hydrogens is 258 g/mol. The van der Waals surface area contributed by atoms with Crippen LogP contribution in [0.4, 0.5) is 0 Å². The number of nitrogens with one attached hydrogen (secondary N) is 1. The summed E-state index contributed by atoms with van der Waals surface area (Å²) in [6.07, 6.45) is 9.63. The smallest absolute Gasteiger partial charge is 0.124 e. The molecule has 1 aliphatic rings. The first-order chi connectivity index (χ1) is 10.2. The van der Waals surface area contributed by atoms with Crippen molar-refractivity contribution in [3.05, 3.63) is 28.8 Å². The van der Waals surface area contributed by atoms with Gasteiger partial charge in [0.2, 0.25) is 0 Å². The highest BCUT2D eigenvalue weighted by molar-refractivity contribution is 5.45. The van der Waals surface area contributed by atoms with E-state index in [1.807, 2.05) is 0 Å². The predicted octanol–water partition coefficient (Wildman–Crippen LogP) is 4.93. The summed E-state index contributed by atoms with van der Waals surface area (Å²) in [6.45, 7) is 4.36. The zero-order valence-electron chi connectivity index (χ0n) is 14.2. The lowest BCUT2D eigenvalue weighted by Gasteiger charge is -2.31. The third-order valence-electron chi connectivity index (χ3n) is 4.96. The summed E-state index contributed by atoms with van der Waals surface area (Å²) >= 11 is 0. The highest BCUT2D eigenvalue weighted by Gasteiger charge is 2.26. The van der Waals surface area contributed by atoms with E-state index in [0.717, 1.165) is 11.7 Å². The van der Waals surface area contributed by atoms with Crippen molar-refractivity contribution in [2.24, 2.45) is 5.92 Å². The molecular formula is C19H31NO. The zero-order chi connectivity index (χ0) is 15.2. The lowest BCUT2D eigenvalue weighted by Crippen LogP contribution is -2.27. The van der Waals surface area contributed by atoms with E-state index in [1.54, 1.807) is 7.11 Å². The molecule has 2 nitrogen and oxygen atoms in total. The summed E-state index contributed by atoms with van der Waals surface area (Å²) in [6, 6.07) is 4.87. The van der Waals surface area contributed by atoms with Gasteiger partial charge in [-0.1, -0.05) is 38.2 Å². The minimum absolute atomic E-state index is 0.415. The fourth-order valence-corrected chi connectivity index (χ4v) is 3.94. The molecule has 1 unspecified atom stereocenters. The van der Waals surface area contributed by atoms with E-state index in [0.29, 0.717) is 6.04 Å². The van der Waals surface area contributed by atoms with Crippen molar-refractivity contribution in [1.29, 1.82) is 0 Å². The minimum atomic E-state index is 0.415. The number of hydrogen-bond acceptors (Lipinski definition) is 2. The number of hydrogen-bond donors (Lipinski definition) is 1. The summed E-state index contributed by atoms with van der Waals surface area (Å²) in [7, 11) is 3.89. The van der Waals surface area contributed by atoms with Gasteiger partial charge in [-0.2, -0.15) is 0 Å². The first-order valence-electron chi connectivity index (χ1n) is 8.49. The average molecular weight is 289 g/mol. The Hall–Kier alpha value is -1.02. The van der Waals surface area contributed by atoms with E-state index >= 15 is 0 Å². The molecule has 1 aromatic rings. The number of benzene rings is 1. The quantitative estimate of drug-likeness (QED) is 0.848. The third kappa shape index (κ3) is 4.00. The average Bonchev–Trinajstić information content (AvgIpc) is 2.42. The van der Waals surface area contributed by atoms with Gasteiger partial charge in [-0.25, -0.2) is 0 Å². The van der Waals surface area contributed by atoms with Crippen LogP contribution >= 0.6 is 0 Å². The van der Waals surface area contributed by atoms with E-state index < -0.39 is 0 Å². The van der Waals surface area contributed by atoms with Crippen LogP contribution in [0.1, 0.15) is 67.7 Å². The van der Waals surface area contributed by atoms with Crippen molar-refractivity contribution >= 4 is 0 Å². The second kappa shape index (κ2) is 7.84. The second-order valence-corrected chi connectivity index (χ2v) is 6.57. The summed E-state index contributed by atoms with van der Waals surface area (Å²) in [5.74, 6) is 1.78.